The number of hydrogen-bond donors (Lipinski definition) is 0. The van der Waals surface area contributed by atoms with Crippen molar-refractivity contribution in [3.8, 4) is 5.75 Å². The van der Waals surface area contributed by atoms with E-state index in [1.807, 2.05) is 42.2 Å². The molecule has 136 valence electrons. The van der Waals surface area contributed by atoms with Gasteiger partial charge in [-0.15, -0.1) is 0 Å². The lowest BCUT2D eigenvalue weighted by molar-refractivity contribution is -0.129. The Balaban J connectivity index is 1.44. The Bertz CT molecular complexity index is 790. The number of ether oxygens (including phenoxy) is 1. The molecule has 2 saturated heterocycles. The highest BCUT2D eigenvalue weighted by Gasteiger charge is 2.46. The molecular formula is C21H25N3O2. The fraction of sp³-hybridized carbons (Fsp3) is 0.429. The van der Waals surface area contributed by atoms with E-state index in [0.29, 0.717) is 25.0 Å². The van der Waals surface area contributed by atoms with Crippen molar-refractivity contribution in [2.45, 2.75) is 44.9 Å². The van der Waals surface area contributed by atoms with E-state index in [1.54, 1.807) is 7.11 Å². The van der Waals surface area contributed by atoms with Crippen LogP contribution in [-0.2, 0) is 17.9 Å². The highest BCUT2D eigenvalue weighted by Crippen LogP contribution is 2.34. The van der Waals surface area contributed by atoms with E-state index in [2.05, 4.69) is 22.0 Å². The van der Waals surface area contributed by atoms with Crippen LogP contribution in [0.1, 0.15) is 29.8 Å². The maximum Gasteiger partial charge on any atom is 0.224 e. The van der Waals surface area contributed by atoms with E-state index in [1.165, 1.54) is 5.56 Å². The quantitative estimate of drug-likeness (QED) is 0.831. The summed E-state index contributed by atoms with van der Waals surface area (Å²) in [6, 6.07) is 14.9. The van der Waals surface area contributed by atoms with Crippen LogP contribution in [-0.4, -0.2) is 46.4 Å². The van der Waals surface area contributed by atoms with E-state index in [4.69, 9.17) is 4.74 Å². The number of carbonyl (C=O) groups excluding carboxylic acids is 1. The highest BCUT2D eigenvalue weighted by atomic mass is 16.5. The van der Waals surface area contributed by atoms with Gasteiger partial charge >= 0.3 is 0 Å². The highest BCUT2D eigenvalue weighted by molar-refractivity contribution is 5.80. The second-order valence-corrected chi connectivity index (χ2v) is 7.24. The van der Waals surface area contributed by atoms with Gasteiger partial charge in [0, 0.05) is 37.3 Å². The average molecular weight is 351 g/mol. The Morgan fingerprint density at radius 3 is 2.65 bits per heavy atom. The first-order chi connectivity index (χ1) is 12.6. The summed E-state index contributed by atoms with van der Waals surface area (Å²) < 4.78 is 5.23. The third-order valence-electron chi connectivity index (χ3n) is 5.55. The molecule has 2 aliphatic heterocycles. The summed E-state index contributed by atoms with van der Waals surface area (Å²) in [4.78, 5) is 21.7. The van der Waals surface area contributed by atoms with E-state index in [9.17, 15) is 4.79 Å². The Hall–Kier alpha value is -2.40. The topological polar surface area (TPSA) is 45.7 Å². The SMILES string of the molecule is COc1ccc(CN2CC[C@@H]3[C@@H]2CC(=O)N3Cc2cccc(C)n2)cc1. The molecule has 0 radical (unpaired) electrons. The third kappa shape index (κ3) is 3.31. The Morgan fingerprint density at radius 1 is 1.12 bits per heavy atom. The summed E-state index contributed by atoms with van der Waals surface area (Å²) in [5.41, 5.74) is 3.24. The molecule has 5 nitrogen and oxygen atoms in total. The Labute approximate surface area is 154 Å². The van der Waals surface area contributed by atoms with Crippen LogP contribution in [0.25, 0.3) is 0 Å². The number of pyridine rings is 1. The minimum absolute atomic E-state index is 0.253. The summed E-state index contributed by atoms with van der Waals surface area (Å²) in [6.07, 6.45) is 1.66. The summed E-state index contributed by atoms with van der Waals surface area (Å²) >= 11 is 0. The molecular weight excluding hydrogens is 326 g/mol. The van der Waals surface area contributed by atoms with Crippen LogP contribution in [0.4, 0.5) is 0 Å². The molecule has 0 saturated carbocycles. The largest absolute Gasteiger partial charge is 0.497 e. The lowest BCUT2D eigenvalue weighted by Gasteiger charge is -2.25. The van der Waals surface area contributed by atoms with Gasteiger partial charge < -0.3 is 9.64 Å². The van der Waals surface area contributed by atoms with Crippen LogP contribution in [0, 0.1) is 6.92 Å². The van der Waals surface area contributed by atoms with Gasteiger partial charge in [0.1, 0.15) is 5.75 Å². The predicted octanol–water partition coefficient (Wildman–Crippen LogP) is 2.77. The minimum atomic E-state index is 0.253. The van der Waals surface area contributed by atoms with Gasteiger partial charge in [0.05, 0.1) is 19.3 Å². The lowest BCUT2D eigenvalue weighted by Crippen LogP contribution is -2.36. The van der Waals surface area contributed by atoms with Crippen LogP contribution < -0.4 is 4.74 Å². The molecule has 2 aromatic rings. The molecule has 5 heteroatoms. The first-order valence-corrected chi connectivity index (χ1v) is 9.23. The normalized spacial score (nSPS) is 22.7. The number of aryl methyl sites for hydroxylation is 1. The number of hydrogen-bond acceptors (Lipinski definition) is 4. The summed E-state index contributed by atoms with van der Waals surface area (Å²) in [5.74, 6) is 1.13. The van der Waals surface area contributed by atoms with Crippen molar-refractivity contribution < 1.29 is 9.53 Å². The average Bonchev–Trinajstić information content (AvgIpc) is 3.16. The van der Waals surface area contributed by atoms with Gasteiger partial charge in [-0.2, -0.15) is 0 Å². The van der Waals surface area contributed by atoms with Crippen molar-refractivity contribution in [3.63, 3.8) is 0 Å². The molecule has 0 bridgehead atoms. The molecule has 2 fully saturated rings. The van der Waals surface area contributed by atoms with Crippen molar-refractivity contribution >= 4 is 5.91 Å². The van der Waals surface area contributed by atoms with Crippen molar-refractivity contribution in [2.24, 2.45) is 0 Å². The number of benzene rings is 1. The van der Waals surface area contributed by atoms with Gasteiger partial charge in [0.15, 0.2) is 0 Å². The molecule has 3 heterocycles. The summed E-state index contributed by atoms with van der Waals surface area (Å²) in [6.45, 7) is 4.53. The number of amides is 1. The maximum absolute atomic E-state index is 12.6. The van der Waals surface area contributed by atoms with Crippen LogP contribution >= 0.6 is 0 Å². The minimum Gasteiger partial charge on any atom is -0.497 e. The number of fused-ring (bicyclic) bond motifs is 1. The molecule has 4 rings (SSSR count). The Kier molecular flexibility index (Phi) is 4.64. The van der Waals surface area contributed by atoms with Crippen molar-refractivity contribution in [3.05, 3.63) is 59.4 Å². The van der Waals surface area contributed by atoms with Crippen molar-refractivity contribution in [1.82, 2.24) is 14.8 Å². The van der Waals surface area contributed by atoms with Gasteiger partial charge in [-0.3, -0.25) is 14.7 Å². The number of likely N-dealkylation sites (tertiary alicyclic amines) is 2. The van der Waals surface area contributed by atoms with Gasteiger partial charge in [-0.25, -0.2) is 0 Å². The lowest BCUT2D eigenvalue weighted by atomic mass is 10.1. The maximum atomic E-state index is 12.6. The number of methoxy groups -OCH3 is 1. The summed E-state index contributed by atoms with van der Waals surface area (Å²) in [5, 5.41) is 0. The fourth-order valence-electron chi connectivity index (χ4n) is 4.24. The van der Waals surface area contributed by atoms with E-state index in [0.717, 1.165) is 36.6 Å². The smallest absolute Gasteiger partial charge is 0.224 e. The zero-order valence-corrected chi connectivity index (χ0v) is 15.4. The zero-order chi connectivity index (χ0) is 18.1. The number of nitrogens with zero attached hydrogens (tertiary/aromatic N) is 3. The molecule has 2 aliphatic rings. The molecule has 1 aromatic heterocycles. The van der Waals surface area contributed by atoms with Crippen LogP contribution in [0.2, 0.25) is 0 Å². The summed E-state index contributed by atoms with van der Waals surface area (Å²) in [7, 11) is 1.68. The van der Waals surface area contributed by atoms with E-state index in [-0.39, 0.29) is 5.91 Å². The number of aromatic nitrogens is 1. The first kappa shape index (κ1) is 17.0. The standard InChI is InChI=1S/C21H25N3O2/c1-15-4-3-5-17(22-15)14-24-19-10-11-23(20(19)12-21(24)25)13-16-6-8-18(26-2)9-7-16/h3-9,19-20H,10-14H2,1-2H3/t19-,20+/m1/s1. The second-order valence-electron chi connectivity index (χ2n) is 7.24. The van der Waals surface area contributed by atoms with Crippen LogP contribution in [0.5, 0.6) is 5.75 Å². The van der Waals surface area contributed by atoms with Crippen molar-refractivity contribution in [1.29, 1.82) is 0 Å². The van der Waals surface area contributed by atoms with E-state index < -0.39 is 0 Å². The first-order valence-electron chi connectivity index (χ1n) is 9.23. The van der Waals surface area contributed by atoms with Gasteiger partial charge in [-0.05, 0) is 43.2 Å². The zero-order valence-electron chi connectivity index (χ0n) is 15.4. The molecule has 0 unspecified atom stereocenters. The number of carbonyl (C=O) groups is 1. The van der Waals surface area contributed by atoms with E-state index >= 15 is 0 Å². The molecule has 0 N–H and O–H groups in total. The van der Waals surface area contributed by atoms with Gasteiger partial charge in [0.2, 0.25) is 5.91 Å². The van der Waals surface area contributed by atoms with Crippen molar-refractivity contribution in [2.75, 3.05) is 13.7 Å². The molecule has 0 aliphatic carbocycles. The fourth-order valence-corrected chi connectivity index (χ4v) is 4.24. The van der Waals surface area contributed by atoms with Crippen LogP contribution in [0.15, 0.2) is 42.5 Å². The Morgan fingerprint density at radius 2 is 1.92 bits per heavy atom. The number of rotatable bonds is 5. The molecule has 1 amide bonds. The molecule has 26 heavy (non-hydrogen) atoms. The third-order valence-corrected chi connectivity index (χ3v) is 5.55. The van der Waals surface area contributed by atoms with Gasteiger partial charge in [-0.1, -0.05) is 18.2 Å². The monoisotopic (exact) mass is 351 g/mol. The predicted molar refractivity (Wildman–Crippen MR) is 99.7 cm³/mol. The molecule has 1 aromatic carbocycles. The molecule has 0 spiro atoms. The van der Waals surface area contributed by atoms with Crippen LogP contribution in [0.3, 0.4) is 0 Å². The molecule has 2 atom stereocenters. The second kappa shape index (κ2) is 7.08. The van der Waals surface area contributed by atoms with Gasteiger partial charge in [0.25, 0.3) is 0 Å².